The molecule has 1 aliphatic heterocycles. The van der Waals surface area contributed by atoms with Gasteiger partial charge in [0.25, 0.3) is 0 Å². The number of aliphatic hydroxyl groups is 1. The number of benzene rings is 1. The Morgan fingerprint density at radius 3 is 2.87 bits per heavy atom. The van der Waals surface area contributed by atoms with Gasteiger partial charge in [0.15, 0.2) is 6.29 Å². The van der Waals surface area contributed by atoms with Crippen molar-refractivity contribution in [2.24, 2.45) is 5.92 Å². The summed E-state index contributed by atoms with van der Waals surface area (Å²) in [5.74, 6) is 0.133. The zero-order chi connectivity index (χ0) is 10.5. The van der Waals surface area contributed by atoms with Crippen LogP contribution in [-0.2, 0) is 16.1 Å². The van der Waals surface area contributed by atoms with Crippen molar-refractivity contribution in [3.63, 3.8) is 0 Å². The topological polar surface area (TPSA) is 38.7 Å². The van der Waals surface area contributed by atoms with Gasteiger partial charge in [-0.15, -0.1) is 0 Å². The summed E-state index contributed by atoms with van der Waals surface area (Å²) in [4.78, 5) is 0. The predicted octanol–water partition coefficient (Wildman–Crippen LogP) is 1.56. The van der Waals surface area contributed by atoms with Gasteiger partial charge in [-0.05, 0) is 12.0 Å². The van der Waals surface area contributed by atoms with E-state index in [1.54, 1.807) is 0 Å². The number of hydrogen-bond donors (Lipinski definition) is 1. The van der Waals surface area contributed by atoms with Crippen LogP contribution >= 0.6 is 0 Å². The van der Waals surface area contributed by atoms with Crippen LogP contribution in [0.15, 0.2) is 30.3 Å². The highest BCUT2D eigenvalue weighted by Gasteiger charge is 2.24. The second-order valence-corrected chi connectivity index (χ2v) is 3.81. The molecule has 2 unspecified atom stereocenters. The second kappa shape index (κ2) is 5.26. The van der Waals surface area contributed by atoms with Crippen molar-refractivity contribution in [2.75, 3.05) is 13.2 Å². The molecule has 15 heavy (non-hydrogen) atoms. The molecule has 0 saturated carbocycles. The SMILES string of the molecule is OC(OCc1ccccc1)C1CCOC1. The minimum absolute atomic E-state index is 0.133. The summed E-state index contributed by atoms with van der Waals surface area (Å²) in [6.45, 7) is 1.80. The van der Waals surface area contributed by atoms with Gasteiger partial charge in [-0.3, -0.25) is 0 Å². The van der Waals surface area contributed by atoms with Crippen LogP contribution in [0, 0.1) is 5.92 Å². The highest BCUT2D eigenvalue weighted by atomic mass is 16.6. The Morgan fingerprint density at radius 2 is 2.20 bits per heavy atom. The van der Waals surface area contributed by atoms with Crippen LogP contribution in [0.1, 0.15) is 12.0 Å². The quantitative estimate of drug-likeness (QED) is 0.763. The molecule has 1 aromatic rings. The molecule has 3 nitrogen and oxygen atoms in total. The fraction of sp³-hybridized carbons (Fsp3) is 0.500. The van der Waals surface area contributed by atoms with Crippen LogP contribution in [0.5, 0.6) is 0 Å². The lowest BCUT2D eigenvalue weighted by Gasteiger charge is -2.16. The van der Waals surface area contributed by atoms with E-state index in [1.165, 1.54) is 0 Å². The maximum absolute atomic E-state index is 9.71. The maximum Gasteiger partial charge on any atom is 0.160 e. The Hall–Kier alpha value is -0.900. The van der Waals surface area contributed by atoms with Crippen molar-refractivity contribution >= 4 is 0 Å². The molecule has 1 fully saturated rings. The van der Waals surface area contributed by atoms with E-state index in [4.69, 9.17) is 9.47 Å². The van der Waals surface area contributed by atoms with Crippen molar-refractivity contribution in [3.05, 3.63) is 35.9 Å². The first kappa shape index (κ1) is 10.6. The van der Waals surface area contributed by atoms with Crippen molar-refractivity contribution in [1.29, 1.82) is 0 Å². The van der Waals surface area contributed by atoms with E-state index in [1.807, 2.05) is 30.3 Å². The Kier molecular flexibility index (Phi) is 3.72. The Labute approximate surface area is 89.6 Å². The molecule has 1 aromatic carbocycles. The Morgan fingerprint density at radius 1 is 1.40 bits per heavy atom. The van der Waals surface area contributed by atoms with Gasteiger partial charge >= 0.3 is 0 Å². The summed E-state index contributed by atoms with van der Waals surface area (Å²) in [6, 6.07) is 9.86. The summed E-state index contributed by atoms with van der Waals surface area (Å²) in [5, 5.41) is 9.71. The van der Waals surface area contributed by atoms with Crippen LogP contribution in [0.3, 0.4) is 0 Å². The average molecular weight is 208 g/mol. The molecule has 0 radical (unpaired) electrons. The van der Waals surface area contributed by atoms with Crippen LogP contribution in [-0.4, -0.2) is 24.6 Å². The van der Waals surface area contributed by atoms with Crippen LogP contribution in [0.2, 0.25) is 0 Å². The van der Waals surface area contributed by atoms with E-state index >= 15 is 0 Å². The molecule has 0 aliphatic carbocycles. The fourth-order valence-corrected chi connectivity index (χ4v) is 1.67. The van der Waals surface area contributed by atoms with Gasteiger partial charge in [-0.25, -0.2) is 0 Å². The highest BCUT2D eigenvalue weighted by molar-refractivity contribution is 5.13. The van der Waals surface area contributed by atoms with E-state index in [0.29, 0.717) is 13.2 Å². The number of rotatable bonds is 4. The summed E-state index contributed by atoms with van der Waals surface area (Å²) in [6.07, 6.45) is 0.184. The zero-order valence-corrected chi connectivity index (χ0v) is 8.63. The Bertz CT molecular complexity index is 280. The molecule has 0 aromatic heterocycles. The number of ether oxygens (including phenoxy) is 2. The van der Waals surface area contributed by atoms with Crippen molar-refractivity contribution in [1.82, 2.24) is 0 Å². The third-order valence-corrected chi connectivity index (χ3v) is 2.63. The molecule has 0 bridgehead atoms. The van der Waals surface area contributed by atoms with Gasteiger partial charge in [0, 0.05) is 12.5 Å². The lowest BCUT2D eigenvalue weighted by atomic mass is 10.1. The molecule has 3 heteroatoms. The highest BCUT2D eigenvalue weighted by Crippen LogP contribution is 2.18. The molecule has 0 spiro atoms. The molecule has 1 saturated heterocycles. The van der Waals surface area contributed by atoms with Gasteiger partial charge in [0.2, 0.25) is 0 Å². The van der Waals surface area contributed by atoms with Crippen molar-refractivity contribution < 1.29 is 14.6 Å². The molecule has 2 rings (SSSR count). The summed E-state index contributed by atoms with van der Waals surface area (Å²) in [7, 11) is 0. The minimum atomic E-state index is -0.701. The van der Waals surface area contributed by atoms with E-state index in [-0.39, 0.29) is 5.92 Å². The molecular weight excluding hydrogens is 192 g/mol. The zero-order valence-electron chi connectivity index (χ0n) is 8.63. The van der Waals surface area contributed by atoms with Gasteiger partial charge in [0.05, 0.1) is 13.2 Å². The second-order valence-electron chi connectivity index (χ2n) is 3.81. The van der Waals surface area contributed by atoms with E-state index in [9.17, 15) is 5.11 Å². The van der Waals surface area contributed by atoms with E-state index < -0.39 is 6.29 Å². The molecule has 82 valence electrons. The van der Waals surface area contributed by atoms with Crippen molar-refractivity contribution in [2.45, 2.75) is 19.3 Å². The van der Waals surface area contributed by atoms with Gasteiger partial charge < -0.3 is 14.6 Å². The summed E-state index contributed by atoms with van der Waals surface area (Å²) >= 11 is 0. The van der Waals surface area contributed by atoms with Crippen molar-refractivity contribution in [3.8, 4) is 0 Å². The van der Waals surface area contributed by atoms with Gasteiger partial charge in [-0.1, -0.05) is 30.3 Å². The first-order chi connectivity index (χ1) is 7.36. The molecule has 1 heterocycles. The van der Waals surface area contributed by atoms with Gasteiger partial charge in [-0.2, -0.15) is 0 Å². The first-order valence-corrected chi connectivity index (χ1v) is 5.27. The Balaban J connectivity index is 1.77. The largest absolute Gasteiger partial charge is 0.381 e. The van der Waals surface area contributed by atoms with E-state index in [2.05, 4.69) is 0 Å². The molecule has 1 aliphatic rings. The molecule has 2 atom stereocenters. The summed E-state index contributed by atoms with van der Waals surface area (Å²) < 4.78 is 10.6. The normalized spacial score (nSPS) is 22.9. The van der Waals surface area contributed by atoms with E-state index in [0.717, 1.165) is 18.6 Å². The average Bonchev–Trinajstić information content (AvgIpc) is 2.81. The number of aliphatic hydroxyl groups excluding tert-OH is 1. The summed E-state index contributed by atoms with van der Waals surface area (Å²) in [5.41, 5.74) is 1.08. The smallest absolute Gasteiger partial charge is 0.160 e. The molecular formula is C12H16O3. The maximum atomic E-state index is 9.71. The minimum Gasteiger partial charge on any atom is -0.381 e. The van der Waals surface area contributed by atoms with Crippen LogP contribution in [0.25, 0.3) is 0 Å². The standard InChI is InChI=1S/C12H16O3/c13-12(11-6-7-14-9-11)15-8-10-4-2-1-3-5-10/h1-5,11-13H,6-9H2. The predicted molar refractivity (Wildman–Crippen MR) is 56.2 cm³/mol. The third kappa shape index (κ3) is 3.02. The third-order valence-electron chi connectivity index (χ3n) is 2.63. The fourth-order valence-electron chi connectivity index (χ4n) is 1.67. The van der Waals surface area contributed by atoms with Gasteiger partial charge in [0.1, 0.15) is 0 Å². The number of hydrogen-bond acceptors (Lipinski definition) is 3. The lowest BCUT2D eigenvalue weighted by Crippen LogP contribution is -2.23. The first-order valence-electron chi connectivity index (χ1n) is 5.27. The van der Waals surface area contributed by atoms with Crippen LogP contribution < -0.4 is 0 Å². The molecule has 0 amide bonds. The lowest BCUT2D eigenvalue weighted by molar-refractivity contribution is -0.141. The molecule has 1 N–H and O–H groups in total. The van der Waals surface area contributed by atoms with Crippen LogP contribution in [0.4, 0.5) is 0 Å². The monoisotopic (exact) mass is 208 g/mol.